The predicted molar refractivity (Wildman–Crippen MR) is 107 cm³/mol. The minimum Gasteiger partial charge on any atom is -0.497 e. The van der Waals surface area contributed by atoms with E-state index in [1.54, 1.807) is 32.0 Å². The number of aliphatic imine (C=N–C) groups is 1. The normalized spacial score (nSPS) is 15.1. The van der Waals surface area contributed by atoms with Crippen molar-refractivity contribution >= 4 is 23.2 Å². The number of anilines is 1. The number of benzene rings is 2. The van der Waals surface area contributed by atoms with E-state index in [0.29, 0.717) is 22.7 Å². The van der Waals surface area contributed by atoms with Gasteiger partial charge in [-0.25, -0.2) is 4.39 Å². The largest absolute Gasteiger partial charge is 0.497 e. The summed E-state index contributed by atoms with van der Waals surface area (Å²) >= 11 is 0. The van der Waals surface area contributed by atoms with E-state index in [2.05, 4.69) is 10.3 Å². The van der Waals surface area contributed by atoms with Crippen molar-refractivity contribution in [3.8, 4) is 11.5 Å². The van der Waals surface area contributed by atoms with Crippen molar-refractivity contribution in [2.75, 3.05) is 26.1 Å². The third kappa shape index (κ3) is 4.21. The highest BCUT2D eigenvalue weighted by Crippen LogP contribution is 2.30. The van der Waals surface area contributed by atoms with Crippen LogP contribution in [0.25, 0.3) is 0 Å². The number of methoxy groups -OCH3 is 2. The van der Waals surface area contributed by atoms with Gasteiger partial charge in [0.1, 0.15) is 35.2 Å². The molecule has 0 unspecified atom stereocenters. The second-order valence-electron chi connectivity index (χ2n) is 6.97. The Bertz CT molecular complexity index is 970. The van der Waals surface area contributed by atoms with Gasteiger partial charge in [0.2, 0.25) is 5.91 Å². The Morgan fingerprint density at radius 2 is 1.83 bits per heavy atom. The molecule has 0 saturated carbocycles. The topological polar surface area (TPSA) is 80.2 Å². The lowest BCUT2D eigenvalue weighted by Gasteiger charge is -2.28. The molecule has 0 aromatic heterocycles. The predicted octanol–water partition coefficient (Wildman–Crippen LogP) is 2.85. The number of hydrogen-bond acceptors (Lipinski definition) is 5. The molecule has 1 N–H and O–H groups in total. The highest BCUT2D eigenvalue weighted by molar-refractivity contribution is 6.47. The quantitative estimate of drug-likeness (QED) is 0.810. The van der Waals surface area contributed by atoms with E-state index in [-0.39, 0.29) is 12.3 Å². The van der Waals surface area contributed by atoms with Crippen LogP contribution in [0, 0.1) is 5.82 Å². The molecular formula is C21H22FN3O4. The minimum atomic E-state index is -0.920. The van der Waals surface area contributed by atoms with Gasteiger partial charge in [-0.3, -0.25) is 14.6 Å². The fraction of sp³-hybridized carbons (Fsp3) is 0.286. The van der Waals surface area contributed by atoms with Crippen LogP contribution >= 0.6 is 0 Å². The smallest absolute Gasteiger partial charge is 0.275 e. The number of ether oxygens (including phenoxy) is 2. The van der Waals surface area contributed by atoms with Crippen LogP contribution in [0.3, 0.4) is 0 Å². The third-order valence-corrected chi connectivity index (χ3v) is 4.59. The summed E-state index contributed by atoms with van der Waals surface area (Å²) in [5.41, 5.74) is 0.209. The fourth-order valence-electron chi connectivity index (χ4n) is 3.06. The SMILES string of the molecule is COc1ccc(OC)c(NC(=O)CN2C(=O)C(c3ccc(F)cc3)=NC2(C)C)c1. The van der Waals surface area contributed by atoms with Gasteiger partial charge in [0.25, 0.3) is 5.91 Å². The first-order valence-corrected chi connectivity index (χ1v) is 8.95. The van der Waals surface area contributed by atoms with Gasteiger partial charge in [0.15, 0.2) is 0 Å². The monoisotopic (exact) mass is 399 g/mol. The second-order valence-corrected chi connectivity index (χ2v) is 6.97. The highest BCUT2D eigenvalue weighted by Gasteiger charge is 2.41. The Balaban J connectivity index is 1.77. The minimum absolute atomic E-state index is 0.196. The van der Waals surface area contributed by atoms with E-state index in [1.807, 2.05) is 0 Å². The fourth-order valence-corrected chi connectivity index (χ4v) is 3.06. The van der Waals surface area contributed by atoms with Gasteiger partial charge in [0.05, 0.1) is 19.9 Å². The molecule has 0 saturated heterocycles. The summed E-state index contributed by atoms with van der Waals surface area (Å²) in [5.74, 6) is -0.180. The number of rotatable bonds is 6. The summed E-state index contributed by atoms with van der Waals surface area (Å²) in [6, 6.07) is 10.5. The van der Waals surface area contributed by atoms with Crippen LogP contribution in [-0.2, 0) is 9.59 Å². The molecule has 2 aromatic rings. The maximum atomic E-state index is 13.2. The second kappa shape index (κ2) is 7.90. The molecule has 2 aromatic carbocycles. The zero-order chi connectivity index (χ0) is 21.2. The zero-order valence-electron chi connectivity index (χ0n) is 16.7. The van der Waals surface area contributed by atoms with Gasteiger partial charge in [-0.1, -0.05) is 0 Å². The van der Waals surface area contributed by atoms with Gasteiger partial charge in [-0.2, -0.15) is 0 Å². The number of nitrogens with zero attached hydrogens (tertiary/aromatic N) is 2. The van der Waals surface area contributed by atoms with Crippen molar-refractivity contribution < 1.29 is 23.5 Å². The molecule has 1 aliphatic heterocycles. The number of halogens is 1. The van der Waals surface area contributed by atoms with E-state index < -0.39 is 23.3 Å². The molecule has 1 aliphatic rings. The van der Waals surface area contributed by atoms with Crippen LogP contribution in [0.1, 0.15) is 19.4 Å². The Hall–Kier alpha value is -3.42. The molecule has 3 rings (SSSR count). The Morgan fingerprint density at radius 3 is 2.45 bits per heavy atom. The van der Waals surface area contributed by atoms with E-state index >= 15 is 0 Å². The summed E-state index contributed by atoms with van der Waals surface area (Å²) in [6.45, 7) is 3.27. The molecule has 8 heteroatoms. The molecule has 29 heavy (non-hydrogen) atoms. The van der Waals surface area contributed by atoms with Crippen molar-refractivity contribution in [2.24, 2.45) is 4.99 Å². The lowest BCUT2D eigenvalue weighted by molar-refractivity contribution is -0.131. The summed E-state index contributed by atoms with van der Waals surface area (Å²) < 4.78 is 23.6. The number of amides is 2. The Labute approximate surface area is 168 Å². The van der Waals surface area contributed by atoms with Gasteiger partial charge < -0.3 is 19.7 Å². The van der Waals surface area contributed by atoms with E-state index in [0.717, 1.165) is 0 Å². The average Bonchev–Trinajstić information content (AvgIpc) is 2.92. The summed E-state index contributed by atoms with van der Waals surface area (Å²) in [7, 11) is 3.01. The lowest BCUT2D eigenvalue weighted by Crippen LogP contribution is -2.46. The number of hydrogen-bond donors (Lipinski definition) is 1. The van der Waals surface area contributed by atoms with Crippen molar-refractivity contribution in [1.29, 1.82) is 0 Å². The van der Waals surface area contributed by atoms with Crippen LogP contribution in [0.15, 0.2) is 47.5 Å². The van der Waals surface area contributed by atoms with Crippen molar-refractivity contribution in [1.82, 2.24) is 4.90 Å². The number of carbonyl (C=O) groups is 2. The summed E-state index contributed by atoms with van der Waals surface area (Å²) in [4.78, 5) is 31.4. The average molecular weight is 399 g/mol. The lowest BCUT2D eigenvalue weighted by atomic mass is 10.1. The van der Waals surface area contributed by atoms with Crippen LogP contribution in [0.2, 0.25) is 0 Å². The first-order valence-electron chi connectivity index (χ1n) is 8.95. The molecular weight excluding hydrogens is 377 g/mol. The molecule has 0 bridgehead atoms. The molecule has 2 amide bonds. The van der Waals surface area contributed by atoms with Gasteiger partial charge in [-0.15, -0.1) is 0 Å². The maximum absolute atomic E-state index is 13.2. The van der Waals surface area contributed by atoms with Crippen LogP contribution < -0.4 is 14.8 Å². The van der Waals surface area contributed by atoms with Crippen molar-refractivity contribution in [3.63, 3.8) is 0 Å². The molecule has 0 atom stereocenters. The highest BCUT2D eigenvalue weighted by atomic mass is 19.1. The molecule has 0 fully saturated rings. The Morgan fingerprint density at radius 1 is 1.14 bits per heavy atom. The first kappa shape index (κ1) is 20.3. The molecule has 1 heterocycles. The molecule has 7 nitrogen and oxygen atoms in total. The van der Waals surface area contributed by atoms with E-state index in [1.165, 1.54) is 43.4 Å². The maximum Gasteiger partial charge on any atom is 0.275 e. The molecule has 0 spiro atoms. The van der Waals surface area contributed by atoms with Crippen LogP contribution in [0.4, 0.5) is 10.1 Å². The van der Waals surface area contributed by atoms with Crippen LogP contribution in [-0.4, -0.2) is 48.9 Å². The van der Waals surface area contributed by atoms with Gasteiger partial charge >= 0.3 is 0 Å². The van der Waals surface area contributed by atoms with E-state index in [4.69, 9.17) is 9.47 Å². The molecule has 152 valence electrons. The van der Waals surface area contributed by atoms with E-state index in [9.17, 15) is 14.0 Å². The zero-order valence-corrected chi connectivity index (χ0v) is 16.7. The van der Waals surface area contributed by atoms with Gasteiger partial charge in [-0.05, 0) is 50.2 Å². The van der Waals surface area contributed by atoms with Gasteiger partial charge in [0, 0.05) is 11.6 Å². The van der Waals surface area contributed by atoms with Crippen LogP contribution in [0.5, 0.6) is 11.5 Å². The number of nitrogens with one attached hydrogen (secondary N) is 1. The molecule has 0 aliphatic carbocycles. The summed E-state index contributed by atoms with van der Waals surface area (Å²) in [6.07, 6.45) is 0. The van der Waals surface area contributed by atoms with Crippen molar-refractivity contribution in [3.05, 3.63) is 53.8 Å². The molecule has 0 radical (unpaired) electrons. The first-order chi connectivity index (χ1) is 13.7. The summed E-state index contributed by atoms with van der Waals surface area (Å²) in [5, 5.41) is 2.75. The number of carbonyl (C=O) groups excluding carboxylic acids is 2. The standard InChI is InChI=1S/C21H22FN3O4/c1-21(2)24-19(13-5-7-14(22)8-6-13)20(27)25(21)12-18(26)23-16-11-15(28-3)9-10-17(16)29-4/h5-11H,12H2,1-4H3,(H,23,26). The third-order valence-electron chi connectivity index (χ3n) is 4.59. The Kier molecular flexibility index (Phi) is 5.54. The van der Waals surface area contributed by atoms with Crippen molar-refractivity contribution in [2.45, 2.75) is 19.5 Å².